The van der Waals surface area contributed by atoms with Crippen molar-refractivity contribution in [2.75, 3.05) is 18.5 Å². The van der Waals surface area contributed by atoms with Crippen LogP contribution in [0.2, 0.25) is 0 Å². The van der Waals surface area contributed by atoms with E-state index < -0.39 is 5.97 Å². The summed E-state index contributed by atoms with van der Waals surface area (Å²) in [6.07, 6.45) is 2.02. The molecule has 1 heterocycles. The van der Waals surface area contributed by atoms with Gasteiger partial charge >= 0.3 is 0 Å². The maximum absolute atomic E-state index is 10.6. The lowest BCUT2D eigenvalue weighted by Gasteiger charge is -2.27. The van der Waals surface area contributed by atoms with E-state index in [1.807, 2.05) is 0 Å². The van der Waals surface area contributed by atoms with Gasteiger partial charge in [-0.2, -0.15) is 5.10 Å². The van der Waals surface area contributed by atoms with Gasteiger partial charge in [-0.15, -0.1) is 0 Å². The Labute approximate surface area is 119 Å². The standard InChI is InChI=1S/C15H21N3O2/c1-11(2)18-9-7-14(8-10-18)17-16-13-5-3-12(4-6-13)15(19)20/h3-6,11,16H,7-10H2,1-2H3,(H,19,20). The third-order valence-electron chi connectivity index (χ3n) is 3.75. The van der Waals surface area contributed by atoms with Gasteiger partial charge in [0.2, 0.25) is 0 Å². The van der Waals surface area contributed by atoms with Crippen molar-refractivity contribution in [2.45, 2.75) is 32.7 Å². The fourth-order valence-corrected chi connectivity index (χ4v) is 2.37. The number of aromatic carboxylic acids is 1. The van der Waals surface area contributed by atoms with Crippen molar-refractivity contribution in [1.29, 1.82) is 0 Å². The molecule has 2 rings (SSSR count). The molecule has 1 saturated heterocycles. The van der Waals surface area contributed by atoms with Gasteiger partial charge in [0.05, 0.1) is 30.8 Å². The highest BCUT2D eigenvalue weighted by Crippen LogP contribution is 2.09. The van der Waals surface area contributed by atoms with Crippen molar-refractivity contribution in [3.05, 3.63) is 29.8 Å². The third kappa shape index (κ3) is 3.81. The number of benzene rings is 1. The van der Waals surface area contributed by atoms with Gasteiger partial charge in [0.25, 0.3) is 0 Å². The van der Waals surface area contributed by atoms with Gasteiger partial charge in [-0.1, -0.05) is 12.1 Å². The van der Waals surface area contributed by atoms with E-state index in [0.29, 0.717) is 6.04 Å². The quantitative estimate of drug-likeness (QED) is 0.754. The maximum Gasteiger partial charge on any atom is 0.0826 e. The number of likely N-dealkylation sites (tertiary alicyclic amines) is 1. The number of hydrogen-bond donors (Lipinski definition) is 2. The molecule has 0 saturated carbocycles. The first-order valence-electron chi connectivity index (χ1n) is 7.03. The number of carbonyl (C=O) groups excluding carboxylic acids is 1. The number of rotatable bonds is 4. The second-order valence-electron chi connectivity index (χ2n) is 5.47. The molecule has 0 atom stereocenters. The van der Waals surface area contributed by atoms with E-state index in [2.05, 4.69) is 24.4 Å². The van der Waals surface area contributed by atoms with Crippen LogP contribution in [0.5, 0.6) is 0 Å². The molecule has 0 bridgehead atoms. The zero-order valence-electron chi connectivity index (χ0n) is 12.0. The van der Waals surface area contributed by atoms with Crippen LogP contribution >= 0.6 is 0 Å². The first kappa shape index (κ1) is 14.5. The van der Waals surface area contributed by atoms with Gasteiger partial charge in [-0.25, -0.2) is 0 Å². The number of nitrogens with one attached hydrogen (secondary N) is 2. The van der Waals surface area contributed by atoms with Gasteiger partial charge in [0.1, 0.15) is 0 Å². The number of piperidine rings is 1. The Morgan fingerprint density at radius 1 is 1.25 bits per heavy atom. The number of quaternary nitrogens is 1. The number of carboxylic acid groups (broad SMARTS) is 1. The normalized spacial score (nSPS) is 18.9. The van der Waals surface area contributed by atoms with Gasteiger partial charge in [0, 0.05) is 18.6 Å². The monoisotopic (exact) mass is 275 g/mol. The molecule has 0 spiro atoms. The Morgan fingerprint density at radius 2 is 1.85 bits per heavy atom. The third-order valence-corrected chi connectivity index (χ3v) is 3.75. The topological polar surface area (TPSA) is 69.0 Å². The smallest absolute Gasteiger partial charge is 0.0826 e. The van der Waals surface area contributed by atoms with E-state index in [9.17, 15) is 9.90 Å². The molecule has 0 unspecified atom stereocenters. The maximum atomic E-state index is 10.6. The summed E-state index contributed by atoms with van der Waals surface area (Å²) in [5.41, 5.74) is 5.14. The molecule has 5 nitrogen and oxygen atoms in total. The summed E-state index contributed by atoms with van der Waals surface area (Å²) in [7, 11) is 0. The van der Waals surface area contributed by atoms with Crippen LogP contribution in [0, 0.1) is 0 Å². The van der Waals surface area contributed by atoms with Crippen LogP contribution in [0.15, 0.2) is 29.4 Å². The van der Waals surface area contributed by atoms with Crippen molar-refractivity contribution in [2.24, 2.45) is 5.10 Å². The van der Waals surface area contributed by atoms with Crippen LogP contribution in [0.1, 0.15) is 37.0 Å². The average Bonchev–Trinajstić information content (AvgIpc) is 2.46. The minimum atomic E-state index is -1.16. The molecule has 108 valence electrons. The molecule has 0 radical (unpaired) electrons. The minimum Gasteiger partial charge on any atom is -0.545 e. The highest BCUT2D eigenvalue weighted by molar-refractivity contribution is 5.87. The van der Waals surface area contributed by atoms with Crippen LogP contribution < -0.4 is 15.4 Å². The summed E-state index contributed by atoms with van der Waals surface area (Å²) >= 11 is 0. The summed E-state index contributed by atoms with van der Waals surface area (Å²) in [6, 6.07) is 7.10. The molecule has 1 aromatic carbocycles. The lowest BCUT2D eigenvalue weighted by atomic mass is 10.1. The lowest BCUT2D eigenvalue weighted by molar-refractivity contribution is -0.922. The summed E-state index contributed by atoms with van der Waals surface area (Å²) < 4.78 is 0. The first-order chi connectivity index (χ1) is 9.56. The van der Waals surface area contributed by atoms with Crippen LogP contribution in [0.25, 0.3) is 0 Å². The second-order valence-corrected chi connectivity index (χ2v) is 5.47. The fourth-order valence-electron chi connectivity index (χ4n) is 2.37. The van der Waals surface area contributed by atoms with Crippen LogP contribution in [-0.4, -0.2) is 30.8 Å². The van der Waals surface area contributed by atoms with E-state index in [-0.39, 0.29) is 5.56 Å². The number of nitrogens with zero attached hydrogens (tertiary/aromatic N) is 1. The second kappa shape index (κ2) is 6.52. The molecule has 0 aliphatic carbocycles. The Kier molecular flexibility index (Phi) is 4.74. The van der Waals surface area contributed by atoms with E-state index in [1.165, 1.54) is 17.8 Å². The predicted octanol–water partition coefficient (Wildman–Crippen LogP) is -0.0949. The van der Waals surface area contributed by atoms with Crippen LogP contribution in [0.3, 0.4) is 0 Å². The predicted molar refractivity (Wildman–Crippen MR) is 76.9 cm³/mol. The largest absolute Gasteiger partial charge is 0.545 e. The highest BCUT2D eigenvalue weighted by atomic mass is 16.4. The Bertz CT molecular complexity index is 484. The molecule has 5 heteroatoms. The molecular formula is C15H21N3O2. The van der Waals surface area contributed by atoms with Crippen LogP contribution in [0.4, 0.5) is 5.69 Å². The van der Waals surface area contributed by atoms with Crippen molar-refractivity contribution in [1.82, 2.24) is 0 Å². The summed E-state index contributed by atoms with van der Waals surface area (Å²) in [4.78, 5) is 12.3. The van der Waals surface area contributed by atoms with E-state index in [0.717, 1.165) is 31.6 Å². The first-order valence-corrected chi connectivity index (χ1v) is 7.03. The highest BCUT2D eigenvalue weighted by Gasteiger charge is 2.20. The summed E-state index contributed by atoms with van der Waals surface area (Å²) in [5.74, 6) is -1.16. The van der Waals surface area contributed by atoms with E-state index in [1.54, 1.807) is 17.0 Å². The Morgan fingerprint density at radius 3 is 2.35 bits per heavy atom. The number of carbonyl (C=O) groups is 1. The van der Waals surface area contributed by atoms with E-state index in [4.69, 9.17) is 0 Å². The summed E-state index contributed by atoms with van der Waals surface area (Å²) in [5, 5.41) is 15.1. The van der Waals surface area contributed by atoms with Gasteiger partial charge in [-0.05, 0) is 31.5 Å². The molecule has 0 aromatic heterocycles. The van der Waals surface area contributed by atoms with Crippen molar-refractivity contribution in [3.63, 3.8) is 0 Å². The number of anilines is 1. The molecule has 1 fully saturated rings. The molecule has 2 N–H and O–H groups in total. The SMILES string of the molecule is CC(C)[NH+]1CCC(=NNc2ccc(C(=O)[O-])cc2)CC1. The number of hydrogen-bond acceptors (Lipinski definition) is 4. The van der Waals surface area contributed by atoms with Crippen LogP contribution in [-0.2, 0) is 0 Å². The number of hydrazone groups is 1. The van der Waals surface area contributed by atoms with E-state index >= 15 is 0 Å². The summed E-state index contributed by atoms with van der Waals surface area (Å²) in [6.45, 7) is 6.74. The molecule has 1 aliphatic rings. The molecule has 0 amide bonds. The Balaban J connectivity index is 1.88. The average molecular weight is 275 g/mol. The van der Waals surface area contributed by atoms with Crippen molar-refractivity contribution in [3.8, 4) is 0 Å². The molecule has 1 aromatic rings. The zero-order valence-corrected chi connectivity index (χ0v) is 12.0. The zero-order chi connectivity index (χ0) is 14.5. The van der Waals surface area contributed by atoms with Crippen molar-refractivity contribution >= 4 is 17.4 Å². The number of carboxylic acids is 1. The lowest BCUT2D eigenvalue weighted by Crippen LogP contribution is -3.16. The van der Waals surface area contributed by atoms with Gasteiger partial charge in [-0.3, -0.25) is 5.43 Å². The molecule has 1 aliphatic heterocycles. The van der Waals surface area contributed by atoms with Gasteiger partial charge in [0.15, 0.2) is 0 Å². The van der Waals surface area contributed by atoms with Gasteiger partial charge < -0.3 is 14.8 Å². The minimum absolute atomic E-state index is 0.178. The molecule has 20 heavy (non-hydrogen) atoms. The molecular weight excluding hydrogens is 254 g/mol. The fraction of sp³-hybridized carbons (Fsp3) is 0.467. The van der Waals surface area contributed by atoms with Crippen molar-refractivity contribution < 1.29 is 14.8 Å². The Hall–Kier alpha value is -1.88.